The summed E-state index contributed by atoms with van der Waals surface area (Å²) in [5.74, 6) is -1.22. The number of aromatic nitrogens is 1. The molecule has 5 nitrogen and oxygen atoms in total. The van der Waals surface area contributed by atoms with Crippen molar-refractivity contribution in [1.29, 1.82) is 0 Å². The summed E-state index contributed by atoms with van der Waals surface area (Å²) in [5, 5.41) is 2.88. The molecule has 1 saturated heterocycles. The minimum Gasteiger partial charge on any atom is -0.369 e. The van der Waals surface area contributed by atoms with E-state index in [9.17, 15) is 13.6 Å². The molecule has 160 valence electrons. The van der Waals surface area contributed by atoms with Crippen LogP contribution >= 0.6 is 0 Å². The van der Waals surface area contributed by atoms with Crippen LogP contribution in [0.15, 0.2) is 73.1 Å². The van der Waals surface area contributed by atoms with Gasteiger partial charge in [-0.05, 0) is 48.0 Å². The normalized spacial score (nSPS) is 15.5. The van der Waals surface area contributed by atoms with Gasteiger partial charge in [0.2, 0.25) is 0 Å². The molecule has 1 amide bonds. The van der Waals surface area contributed by atoms with Crippen molar-refractivity contribution in [3.8, 4) is 0 Å². The largest absolute Gasteiger partial charge is 0.369 e. The van der Waals surface area contributed by atoms with Crippen LogP contribution in [0.2, 0.25) is 0 Å². The maximum Gasteiger partial charge on any atom is 0.254 e. The number of piperazine rings is 1. The molecule has 1 aromatic heterocycles. The van der Waals surface area contributed by atoms with Crippen molar-refractivity contribution >= 4 is 11.6 Å². The van der Waals surface area contributed by atoms with E-state index in [1.807, 2.05) is 12.1 Å². The molecule has 1 aliphatic heterocycles. The van der Waals surface area contributed by atoms with Crippen molar-refractivity contribution < 1.29 is 13.6 Å². The zero-order valence-electron chi connectivity index (χ0n) is 17.0. The minimum absolute atomic E-state index is 0.0357. The summed E-state index contributed by atoms with van der Waals surface area (Å²) >= 11 is 0. The zero-order valence-corrected chi connectivity index (χ0v) is 17.0. The minimum atomic E-state index is -0.536. The highest BCUT2D eigenvalue weighted by molar-refractivity contribution is 5.94. The summed E-state index contributed by atoms with van der Waals surface area (Å²) in [5.41, 5.74) is 2.02. The molecule has 1 fully saturated rings. The molecule has 1 N–H and O–H groups in total. The van der Waals surface area contributed by atoms with Gasteiger partial charge in [-0.2, -0.15) is 0 Å². The van der Waals surface area contributed by atoms with Crippen LogP contribution in [0.1, 0.15) is 22.0 Å². The van der Waals surface area contributed by atoms with Crippen LogP contribution in [-0.4, -0.2) is 48.5 Å². The van der Waals surface area contributed by atoms with Crippen LogP contribution in [0.25, 0.3) is 0 Å². The molecule has 0 unspecified atom stereocenters. The van der Waals surface area contributed by atoms with Crippen LogP contribution < -0.4 is 10.2 Å². The second-order valence-corrected chi connectivity index (χ2v) is 7.49. The lowest BCUT2D eigenvalue weighted by Crippen LogP contribution is -2.50. The zero-order chi connectivity index (χ0) is 21.6. The maximum atomic E-state index is 14.0. The lowest BCUT2D eigenvalue weighted by molar-refractivity contribution is 0.0926. The first-order valence-electron chi connectivity index (χ1n) is 10.3. The van der Waals surface area contributed by atoms with Crippen molar-refractivity contribution in [1.82, 2.24) is 15.2 Å². The summed E-state index contributed by atoms with van der Waals surface area (Å²) in [6.45, 7) is 3.45. The number of carbonyl (C=O) groups excluding carboxylic acids is 1. The van der Waals surface area contributed by atoms with Gasteiger partial charge in [0, 0.05) is 50.8 Å². The first-order valence-corrected chi connectivity index (χ1v) is 10.3. The lowest BCUT2D eigenvalue weighted by atomic mass is 10.1. The van der Waals surface area contributed by atoms with Gasteiger partial charge >= 0.3 is 0 Å². The summed E-state index contributed by atoms with van der Waals surface area (Å²) in [6, 6.07) is 16.3. The SMILES string of the molecule is O=C(NC[C@H](c1cccnc1)N1CCN(c2ccc(F)cc2)CC1)c1ccccc1F. The molecule has 4 rings (SSSR count). The lowest BCUT2D eigenvalue weighted by Gasteiger charge is -2.40. The number of amides is 1. The van der Waals surface area contributed by atoms with E-state index < -0.39 is 11.7 Å². The molecule has 2 aromatic carbocycles. The van der Waals surface area contributed by atoms with Crippen molar-refractivity contribution in [3.05, 3.63) is 95.8 Å². The van der Waals surface area contributed by atoms with Crippen LogP contribution in [0.5, 0.6) is 0 Å². The van der Waals surface area contributed by atoms with Gasteiger partial charge in [-0.1, -0.05) is 18.2 Å². The molecule has 7 heteroatoms. The third-order valence-electron chi connectivity index (χ3n) is 5.59. The smallest absolute Gasteiger partial charge is 0.254 e. The Morgan fingerprint density at radius 2 is 1.71 bits per heavy atom. The van der Waals surface area contributed by atoms with Crippen LogP contribution in [0, 0.1) is 11.6 Å². The monoisotopic (exact) mass is 422 g/mol. The quantitative estimate of drug-likeness (QED) is 0.659. The van der Waals surface area contributed by atoms with E-state index in [0.29, 0.717) is 6.54 Å². The molecule has 0 spiro atoms. The Hall–Kier alpha value is -3.32. The van der Waals surface area contributed by atoms with Gasteiger partial charge in [0.25, 0.3) is 5.91 Å². The molecule has 0 aliphatic carbocycles. The Kier molecular flexibility index (Phi) is 6.52. The van der Waals surface area contributed by atoms with Crippen molar-refractivity contribution in [2.75, 3.05) is 37.6 Å². The molecule has 0 saturated carbocycles. The summed E-state index contributed by atoms with van der Waals surface area (Å²) < 4.78 is 27.2. The average molecular weight is 422 g/mol. The van der Waals surface area contributed by atoms with Crippen LogP contribution in [0.3, 0.4) is 0 Å². The Morgan fingerprint density at radius 1 is 0.968 bits per heavy atom. The highest BCUT2D eigenvalue weighted by Gasteiger charge is 2.26. The van der Waals surface area contributed by atoms with Crippen molar-refractivity contribution in [2.24, 2.45) is 0 Å². The highest BCUT2D eigenvalue weighted by atomic mass is 19.1. The molecule has 3 aromatic rings. The number of rotatable bonds is 6. The number of nitrogens with one attached hydrogen (secondary N) is 1. The molecule has 1 atom stereocenters. The Labute approximate surface area is 180 Å². The first kappa shape index (κ1) is 20.9. The highest BCUT2D eigenvalue weighted by Crippen LogP contribution is 2.24. The predicted octanol–water partition coefficient (Wildman–Crippen LogP) is 3.65. The second kappa shape index (κ2) is 9.66. The number of hydrogen-bond acceptors (Lipinski definition) is 4. The fourth-order valence-electron chi connectivity index (χ4n) is 3.90. The number of carbonyl (C=O) groups is 1. The topological polar surface area (TPSA) is 48.5 Å². The summed E-state index contributed by atoms with van der Waals surface area (Å²) in [4.78, 5) is 21.3. The Bertz CT molecular complexity index is 1010. The molecule has 0 radical (unpaired) electrons. The third-order valence-corrected chi connectivity index (χ3v) is 5.59. The van der Waals surface area contributed by atoms with Gasteiger partial charge in [0.05, 0.1) is 11.6 Å². The van der Waals surface area contributed by atoms with Crippen molar-refractivity contribution in [3.63, 3.8) is 0 Å². The number of anilines is 1. The van der Waals surface area contributed by atoms with E-state index in [1.165, 1.54) is 24.3 Å². The number of pyridine rings is 1. The number of hydrogen-bond donors (Lipinski definition) is 1. The van der Waals surface area contributed by atoms with Gasteiger partial charge in [-0.25, -0.2) is 8.78 Å². The van der Waals surface area contributed by atoms with Crippen LogP contribution in [-0.2, 0) is 0 Å². The second-order valence-electron chi connectivity index (χ2n) is 7.49. The fourth-order valence-corrected chi connectivity index (χ4v) is 3.90. The maximum absolute atomic E-state index is 14.0. The molecular formula is C24H24F2N4O. The molecule has 1 aliphatic rings. The fraction of sp³-hybridized carbons (Fsp3) is 0.250. The van der Waals surface area contributed by atoms with E-state index in [0.717, 1.165) is 37.4 Å². The first-order chi connectivity index (χ1) is 15.1. The third kappa shape index (κ3) is 5.06. The standard InChI is InChI=1S/C24H24F2N4O/c25-19-7-9-20(10-8-19)29-12-14-30(15-13-29)23(18-4-3-11-27-16-18)17-28-24(31)21-5-1-2-6-22(21)26/h1-11,16,23H,12-15,17H2,(H,28,31)/t23-/m1/s1. The van der Waals surface area contributed by atoms with E-state index in [-0.39, 0.29) is 17.4 Å². The van der Waals surface area contributed by atoms with Gasteiger partial charge in [0.15, 0.2) is 0 Å². The van der Waals surface area contributed by atoms with Gasteiger partial charge in [-0.15, -0.1) is 0 Å². The van der Waals surface area contributed by atoms with E-state index in [4.69, 9.17) is 0 Å². The number of benzene rings is 2. The van der Waals surface area contributed by atoms with Gasteiger partial charge in [0.1, 0.15) is 11.6 Å². The summed E-state index contributed by atoms with van der Waals surface area (Å²) in [6.07, 6.45) is 3.51. The van der Waals surface area contributed by atoms with Gasteiger partial charge in [-0.3, -0.25) is 14.7 Å². The van der Waals surface area contributed by atoms with Crippen molar-refractivity contribution in [2.45, 2.75) is 6.04 Å². The molecular weight excluding hydrogens is 398 g/mol. The van der Waals surface area contributed by atoms with Gasteiger partial charge < -0.3 is 10.2 Å². The Morgan fingerprint density at radius 3 is 2.39 bits per heavy atom. The van der Waals surface area contributed by atoms with E-state index >= 15 is 0 Å². The number of nitrogens with zero attached hydrogens (tertiary/aromatic N) is 3. The molecule has 31 heavy (non-hydrogen) atoms. The average Bonchev–Trinajstić information content (AvgIpc) is 2.81. The molecule has 2 heterocycles. The summed E-state index contributed by atoms with van der Waals surface area (Å²) in [7, 11) is 0. The Balaban J connectivity index is 1.44. The van der Waals surface area contributed by atoms with E-state index in [2.05, 4.69) is 20.1 Å². The van der Waals surface area contributed by atoms with E-state index in [1.54, 1.807) is 36.7 Å². The predicted molar refractivity (Wildman–Crippen MR) is 116 cm³/mol. The molecule has 0 bridgehead atoms. The van der Waals surface area contributed by atoms with Crippen LogP contribution in [0.4, 0.5) is 14.5 Å². The number of halogens is 2.